The highest BCUT2D eigenvalue weighted by Crippen LogP contribution is 2.28. The maximum atomic E-state index is 13.6. The molecule has 0 spiro atoms. The Kier molecular flexibility index (Phi) is 11.0. The van der Waals surface area contributed by atoms with Crippen LogP contribution in [0.3, 0.4) is 0 Å². The molecule has 0 unspecified atom stereocenters. The number of benzene rings is 3. The second-order valence-electron chi connectivity index (χ2n) is 8.97. The van der Waals surface area contributed by atoms with Gasteiger partial charge in [0.05, 0.1) is 5.02 Å². The molecule has 1 atom stereocenters. The molecule has 1 N–H and O–H groups in total. The Labute approximate surface area is 237 Å². The minimum absolute atomic E-state index is 0.0825. The molecule has 0 bridgehead atoms. The molecule has 0 radical (unpaired) electrons. The highest BCUT2D eigenvalue weighted by molar-refractivity contribution is 6.35. The molecule has 3 aromatic rings. The molecule has 196 valence electrons. The van der Waals surface area contributed by atoms with E-state index in [1.54, 1.807) is 30.3 Å². The molecular weight excluding hydrogens is 554 g/mol. The maximum absolute atomic E-state index is 13.6. The summed E-state index contributed by atoms with van der Waals surface area (Å²) in [5.41, 5.74) is 1.56. The molecule has 0 aliphatic heterocycles. The number of carbonyl (C=O) groups is 2. The van der Waals surface area contributed by atoms with Crippen LogP contribution in [-0.2, 0) is 22.6 Å². The van der Waals surface area contributed by atoms with Crippen molar-refractivity contribution in [2.45, 2.75) is 32.9 Å². The Morgan fingerprint density at radius 3 is 2.16 bits per heavy atom. The van der Waals surface area contributed by atoms with Crippen LogP contribution < -0.4 is 10.1 Å². The van der Waals surface area contributed by atoms with E-state index in [2.05, 4.69) is 5.32 Å². The van der Waals surface area contributed by atoms with Crippen molar-refractivity contribution in [1.29, 1.82) is 0 Å². The average Bonchev–Trinajstić information content (AvgIpc) is 2.85. The number of carbonyl (C=O) groups excluding carboxylic acids is 2. The third-order valence-electron chi connectivity index (χ3n) is 5.56. The monoisotopic (exact) mass is 580 g/mol. The van der Waals surface area contributed by atoms with Crippen LogP contribution in [0.4, 0.5) is 0 Å². The minimum Gasteiger partial charge on any atom is -0.482 e. The van der Waals surface area contributed by atoms with Gasteiger partial charge in [-0.1, -0.05) is 96.6 Å². The number of amides is 2. The largest absolute Gasteiger partial charge is 0.482 e. The minimum atomic E-state index is -0.815. The van der Waals surface area contributed by atoms with E-state index in [1.807, 2.05) is 44.2 Å². The first-order chi connectivity index (χ1) is 17.6. The fraction of sp³-hybridized carbons (Fsp3) is 0.286. The van der Waals surface area contributed by atoms with Crippen molar-refractivity contribution in [1.82, 2.24) is 10.2 Å². The van der Waals surface area contributed by atoms with E-state index in [4.69, 9.17) is 51.1 Å². The van der Waals surface area contributed by atoms with Crippen LogP contribution >= 0.6 is 46.4 Å². The molecule has 0 heterocycles. The lowest BCUT2D eigenvalue weighted by molar-refractivity contribution is -0.142. The quantitative estimate of drug-likeness (QED) is 0.263. The van der Waals surface area contributed by atoms with Gasteiger partial charge in [0, 0.05) is 34.6 Å². The lowest BCUT2D eigenvalue weighted by atomic mass is 10.0. The molecule has 0 saturated heterocycles. The highest BCUT2D eigenvalue weighted by Gasteiger charge is 2.31. The van der Waals surface area contributed by atoms with Gasteiger partial charge in [-0.3, -0.25) is 9.59 Å². The van der Waals surface area contributed by atoms with E-state index in [9.17, 15) is 9.59 Å². The number of halogens is 4. The highest BCUT2D eigenvalue weighted by atomic mass is 35.5. The van der Waals surface area contributed by atoms with Gasteiger partial charge in [0.15, 0.2) is 6.61 Å². The lowest BCUT2D eigenvalue weighted by Gasteiger charge is -2.32. The van der Waals surface area contributed by atoms with Crippen LogP contribution in [0.15, 0.2) is 66.7 Å². The van der Waals surface area contributed by atoms with Gasteiger partial charge in [-0.25, -0.2) is 0 Å². The summed E-state index contributed by atoms with van der Waals surface area (Å²) in [5.74, 6) is -0.113. The van der Waals surface area contributed by atoms with Crippen LogP contribution in [-0.4, -0.2) is 35.9 Å². The van der Waals surface area contributed by atoms with Gasteiger partial charge in [-0.05, 0) is 47.4 Å². The zero-order chi connectivity index (χ0) is 26.9. The first-order valence-corrected chi connectivity index (χ1v) is 13.3. The Morgan fingerprint density at radius 2 is 1.54 bits per heavy atom. The van der Waals surface area contributed by atoms with E-state index in [0.29, 0.717) is 39.3 Å². The molecule has 0 saturated carbocycles. The summed E-state index contributed by atoms with van der Waals surface area (Å²) < 4.78 is 5.73. The fourth-order valence-corrected chi connectivity index (χ4v) is 4.56. The van der Waals surface area contributed by atoms with E-state index in [-0.39, 0.29) is 30.0 Å². The number of ether oxygens (including phenoxy) is 1. The van der Waals surface area contributed by atoms with Crippen molar-refractivity contribution in [3.63, 3.8) is 0 Å². The summed E-state index contributed by atoms with van der Waals surface area (Å²) in [4.78, 5) is 28.6. The van der Waals surface area contributed by atoms with Crippen molar-refractivity contribution < 1.29 is 14.3 Å². The number of nitrogens with zero attached hydrogens (tertiary/aromatic N) is 1. The van der Waals surface area contributed by atoms with Gasteiger partial charge in [0.25, 0.3) is 5.91 Å². The van der Waals surface area contributed by atoms with Crippen molar-refractivity contribution >= 4 is 58.2 Å². The summed E-state index contributed by atoms with van der Waals surface area (Å²) in [6.07, 6.45) is 0.309. The summed E-state index contributed by atoms with van der Waals surface area (Å²) in [6.45, 7) is 4.23. The number of hydrogen-bond donors (Lipinski definition) is 1. The van der Waals surface area contributed by atoms with Gasteiger partial charge in [0.2, 0.25) is 5.91 Å². The molecule has 3 aromatic carbocycles. The average molecular weight is 582 g/mol. The predicted molar refractivity (Wildman–Crippen MR) is 151 cm³/mol. The molecular formula is C28H28Cl4N2O3. The predicted octanol–water partition coefficient (Wildman–Crippen LogP) is 7.09. The molecule has 0 aromatic heterocycles. The molecule has 9 heteroatoms. The summed E-state index contributed by atoms with van der Waals surface area (Å²) in [7, 11) is 0. The SMILES string of the molecule is CC(C)CNC(=O)[C@@H](Cc1ccccc1)N(Cc1ccc(Cl)cc1Cl)C(=O)COc1ccc(Cl)cc1Cl. The summed E-state index contributed by atoms with van der Waals surface area (Å²) in [6, 6.07) is 18.5. The van der Waals surface area contributed by atoms with Crippen LogP contribution in [0.25, 0.3) is 0 Å². The smallest absolute Gasteiger partial charge is 0.261 e. The third kappa shape index (κ3) is 8.82. The number of nitrogens with one attached hydrogen (secondary N) is 1. The van der Waals surface area contributed by atoms with E-state index in [0.717, 1.165) is 5.56 Å². The maximum Gasteiger partial charge on any atom is 0.261 e. The van der Waals surface area contributed by atoms with Crippen molar-refractivity contribution in [3.8, 4) is 5.75 Å². The van der Waals surface area contributed by atoms with Crippen LogP contribution in [0.5, 0.6) is 5.75 Å². The zero-order valence-corrected chi connectivity index (χ0v) is 23.5. The summed E-state index contributed by atoms with van der Waals surface area (Å²) >= 11 is 24.7. The van der Waals surface area contributed by atoms with E-state index < -0.39 is 11.9 Å². The van der Waals surface area contributed by atoms with Crippen LogP contribution in [0, 0.1) is 5.92 Å². The normalized spacial score (nSPS) is 11.8. The second-order valence-corrected chi connectivity index (χ2v) is 10.7. The Balaban J connectivity index is 1.94. The van der Waals surface area contributed by atoms with Crippen molar-refractivity contribution in [2.24, 2.45) is 5.92 Å². The zero-order valence-electron chi connectivity index (χ0n) is 20.5. The molecule has 5 nitrogen and oxygen atoms in total. The van der Waals surface area contributed by atoms with Gasteiger partial charge in [-0.15, -0.1) is 0 Å². The van der Waals surface area contributed by atoms with Gasteiger partial charge < -0.3 is 15.0 Å². The standard InChI is InChI=1S/C28H28Cl4N2O3/c1-18(2)15-33-28(36)25(12-19-6-4-3-5-7-19)34(16-20-8-9-21(29)13-23(20)31)27(35)17-37-26-11-10-22(30)14-24(26)32/h3-11,13-14,18,25H,12,15-17H2,1-2H3,(H,33,36)/t25-/m1/s1. The second kappa shape index (κ2) is 13.9. The molecule has 0 aliphatic rings. The van der Waals surface area contributed by atoms with Crippen LogP contribution in [0.2, 0.25) is 20.1 Å². The van der Waals surface area contributed by atoms with Crippen molar-refractivity contribution in [2.75, 3.05) is 13.2 Å². The van der Waals surface area contributed by atoms with Gasteiger partial charge in [0.1, 0.15) is 11.8 Å². The molecule has 2 amide bonds. The number of rotatable bonds is 11. The Hall–Kier alpha value is -2.44. The first kappa shape index (κ1) is 29.1. The van der Waals surface area contributed by atoms with Crippen LogP contribution in [0.1, 0.15) is 25.0 Å². The Morgan fingerprint density at radius 1 is 0.892 bits per heavy atom. The van der Waals surface area contributed by atoms with Gasteiger partial charge >= 0.3 is 0 Å². The Bertz CT molecular complexity index is 1220. The molecule has 0 fully saturated rings. The van der Waals surface area contributed by atoms with Crippen molar-refractivity contribution in [3.05, 3.63) is 97.9 Å². The topological polar surface area (TPSA) is 58.6 Å². The number of hydrogen-bond acceptors (Lipinski definition) is 3. The van der Waals surface area contributed by atoms with E-state index >= 15 is 0 Å². The fourth-order valence-electron chi connectivity index (χ4n) is 3.62. The van der Waals surface area contributed by atoms with E-state index in [1.165, 1.54) is 11.0 Å². The lowest BCUT2D eigenvalue weighted by Crippen LogP contribution is -2.52. The molecule has 37 heavy (non-hydrogen) atoms. The molecule has 0 aliphatic carbocycles. The third-order valence-corrected chi connectivity index (χ3v) is 6.67. The summed E-state index contributed by atoms with van der Waals surface area (Å²) in [5, 5.41) is 4.58. The van der Waals surface area contributed by atoms with Gasteiger partial charge in [-0.2, -0.15) is 0 Å². The first-order valence-electron chi connectivity index (χ1n) is 11.8. The molecule has 3 rings (SSSR count).